The van der Waals surface area contributed by atoms with E-state index in [9.17, 15) is 4.79 Å². The highest BCUT2D eigenvalue weighted by atomic mass is 79.9. The highest BCUT2D eigenvalue weighted by Gasteiger charge is 2.20. The number of halogens is 2. The Balaban J connectivity index is 1.57. The Morgan fingerprint density at radius 1 is 0.906 bits per heavy atom. The van der Waals surface area contributed by atoms with E-state index in [1.807, 2.05) is 78.9 Å². The molecule has 5 aromatic rings. The van der Waals surface area contributed by atoms with Gasteiger partial charge in [-0.15, -0.1) is 5.10 Å². The number of carbonyl (C=O) groups is 1. The van der Waals surface area contributed by atoms with E-state index in [1.165, 1.54) is 0 Å². The van der Waals surface area contributed by atoms with Gasteiger partial charge >= 0.3 is 0 Å². The van der Waals surface area contributed by atoms with E-state index >= 15 is 0 Å². The molecule has 4 aromatic carbocycles. The van der Waals surface area contributed by atoms with Crippen LogP contribution in [0.15, 0.2) is 95.5 Å². The Hall–Kier alpha value is -3.48. The van der Waals surface area contributed by atoms with Gasteiger partial charge in [0.1, 0.15) is 0 Å². The molecule has 1 N–H and O–H groups in total. The van der Waals surface area contributed by atoms with Crippen LogP contribution in [0.25, 0.3) is 27.8 Å². The predicted octanol–water partition coefficient (Wildman–Crippen LogP) is 6.76. The summed E-state index contributed by atoms with van der Waals surface area (Å²) in [6.07, 6.45) is 0. The largest absolute Gasteiger partial charge is 0.319 e. The molecule has 0 aliphatic carbocycles. The number of amides is 1. The van der Waals surface area contributed by atoms with Crippen LogP contribution in [0.2, 0.25) is 5.02 Å². The second-order valence-corrected chi connectivity index (χ2v) is 8.49. The molecule has 5 nitrogen and oxygen atoms in total. The minimum Gasteiger partial charge on any atom is -0.319 e. The third-order valence-electron chi connectivity index (χ3n) is 5.00. The number of rotatable bonds is 4. The first-order valence-corrected chi connectivity index (χ1v) is 11.0. The van der Waals surface area contributed by atoms with Gasteiger partial charge in [-0.2, -0.15) is 0 Å². The van der Waals surface area contributed by atoms with Crippen molar-refractivity contribution in [1.82, 2.24) is 14.8 Å². The zero-order valence-corrected chi connectivity index (χ0v) is 19.0. The van der Waals surface area contributed by atoms with E-state index < -0.39 is 0 Å². The number of aromatic nitrogens is 3. The molecule has 5 rings (SSSR count). The molecular formula is C25H16BrClN4O. The number of anilines is 1. The van der Waals surface area contributed by atoms with Crippen molar-refractivity contribution in [2.45, 2.75) is 0 Å². The maximum absolute atomic E-state index is 13.1. The van der Waals surface area contributed by atoms with Gasteiger partial charge in [0, 0.05) is 26.1 Å². The van der Waals surface area contributed by atoms with E-state index in [0.717, 1.165) is 26.5 Å². The summed E-state index contributed by atoms with van der Waals surface area (Å²) in [4.78, 5) is 17.7. The molecular weight excluding hydrogens is 488 g/mol. The van der Waals surface area contributed by atoms with Gasteiger partial charge in [0.15, 0.2) is 5.82 Å². The molecule has 0 unspecified atom stereocenters. The van der Waals surface area contributed by atoms with E-state index in [-0.39, 0.29) is 11.7 Å². The first-order chi connectivity index (χ1) is 15.6. The molecule has 0 aliphatic heterocycles. The first kappa shape index (κ1) is 20.4. The first-order valence-electron chi connectivity index (χ1n) is 9.86. The molecule has 7 heteroatoms. The summed E-state index contributed by atoms with van der Waals surface area (Å²) in [5, 5.41) is 10.0. The SMILES string of the molecule is O=C(Nc1cccc2ccccc12)c1nc(-c2cccc(Cl)c2)n(-c2ccc(Br)cc2)n1. The minimum absolute atomic E-state index is 0.0656. The smallest absolute Gasteiger partial charge is 0.295 e. The third-order valence-corrected chi connectivity index (χ3v) is 5.77. The lowest BCUT2D eigenvalue weighted by molar-refractivity contribution is 0.101. The van der Waals surface area contributed by atoms with Crippen LogP contribution in [0, 0.1) is 0 Å². The number of nitrogens with zero attached hydrogens (tertiary/aromatic N) is 3. The lowest BCUT2D eigenvalue weighted by Crippen LogP contribution is -2.14. The fraction of sp³-hybridized carbons (Fsp3) is 0. The maximum Gasteiger partial charge on any atom is 0.295 e. The van der Waals surface area contributed by atoms with Crippen molar-refractivity contribution in [1.29, 1.82) is 0 Å². The molecule has 0 saturated carbocycles. The summed E-state index contributed by atoms with van der Waals surface area (Å²) in [6.45, 7) is 0. The van der Waals surface area contributed by atoms with Crippen molar-refractivity contribution < 1.29 is 4.79 Å². The fourth-order valence-corrected chi connectivity index (χ4v) is 3.95. The molecule has 1 aromatic heterocycles. The highest BCUT2D eigenvalue weighted by Crippen LogP contribution is 2.26. The Kier molecular flexibility index (Phi) is 5.47. The molecule has 0 bridgehead atoms. The molecule has 1 heterocycles. The predicted molar refractivity (Wildman–Crippen MR) is 131 cm³/mol. The number of hydrogen-bond acceptors (Lipinski definition) is 3. The summed E-state index contributed by atoms with van der Waals surface area (Å²) in [6, 6.07) is 28.6. The molecule has 0 radical (unpaired) electrons. The van der Waals surface area contributed by atoms with Crippen LogP contribution >= 0.6 is 27.5 Å². The van der Waals surface area contributed by atoms with Gasteiger partial charge in [0.2, 0.25) is 5.82 Å². The number of hydrogen-bond donors (Lipinski definition) is 1. The molecule has 0 saturated heterocycles. The minimum atomic E-state index is -0.388. The topological polar surface area (TPSA) is 59.8 Å². The zero-order valence-electron chi connectivity index (χ0n) is 16.7. The van der Waals surface area contributed by atoms with Crippen LogP contribution < -0.4 is 5.32 Å². The zero-order chi connectivity index (χ0) is 22.1. The molecule has 1 amide bonds. The number of carbonyl (C=O) groups excluding carboxylic acids is 1. The normalized spacial score (nSPS) is 10.9. The molecule has 0 fully saturated rings. The van der Waals surface area contributed by atoms with Crippen molar-refractivity contribution in [2.75, 3.05) is 5.32 Å². The van der Waals surface area contributed by atoms with Crippen molar-refractivity contribution >= 4 is 49.9 Å². The number of benzene rings is 4. The summed E-state index contributed by atoms with van der Waals surface area (Å²) >= 11 is 9.65. The summed E-state index contributed by atoms with van der Waals surface area (Å²) < 4.78 is 2.59. The fourth-order valence-electron chi connectivity index (χ4n) is 3.50. The van der Waals surface area contributed by atoms with Crippen molar-refractivity contribution in [3.05, 3.63) is 106 Å². The molecule has 0 atom stereocenters. The van der Waals surface area contributed by atoms with Gasteiger partial charge in [-0.1, -0.05) is 76.1 Å². The van der Waals surface area contributed by atoms with Crippen LogP contribution in [0.3, 0.4) is 0 Å². The average molecular weight is 504 g/mol. The van der Waals surface area contributed by atoms with E-state index in [2.05, 4.69) is 31.3 Å². The van der Waals surface area contributed by atoms with Gasteiger partial charge in [-0.3, -0.25) is 4.79 Å². The standard InChI is InChI=1S/C25H16BrClN4O/c26-18-11-13-20(14-12-18)31-24(17-7-3-8-19(27)15-17)29-23(30-31)25(32)28-22-10-4-6-16-5-1-2-9-21(16)22/h1-15H,(H,28,32). The van der Waals surface area contributed by atoms with Gasteiger partial charge in [0.05, 0.1) is 5.69 Å². The van der Waals surface area contributed by atoms with E-state index in [1.54, 1.807) is 16.8 Å². The van der Waals surface area contributed by atoms with Crippen molar-refractivity contribution in [3.8, 4) is 17.1 Å². The second-order valence-electron chi connectivity index (χ2n) is 7.14. The van der Waals surface area contributed by atoms with Crippen LogP contribution in [-0.2, 0) is 0 Å². The number of fused-ring (bicyclic) bond motifs is 1. The summed E-state index contributed by atoms with van der Waals surface area (Å²) in [5.41, 5.74) is 2.24. The molecule has 32 heavy (non-hydrogen) atoms. The monoisotopic (exact) mass is 502 g/mol. The third kappa shape index (κ3) is 4.02. The Bertz CT molecular complexity index is 1440. The Morgan fingerprint density at radius 2 is 1.66 bits per heavy atom. The molecule has 0 aliphatic rings. The molecule has 156 valence electrons. The lowest BCUT2D eigenvalue weighted by Gasteiger charge is -2.07. The second kappa shape index (κ2) is 8.57. The Labute approximate surface area is 197 Å². The van der Waals surface area contributed by atoms with Crippen LogP contribution in [0.4, 0.5) is 5.69 Å². The van der Waals surface area contributed by atoms with Gasteiger partial charge in [-0.05, 0) is 47.9 Å². The van der Waals surface area contributed by atoms with Gasteiger partial charge in [0.25, 0.3) is 5.91 Å². The van der Waals surface area contributed by atoms with Crippen LogP contribution in [-0.4, -0.2) is 20.7 Å². The van der Waals surface area contributed by atoms with Gasteiger partial charge in [-0.25, -0.2) is 9.67 Å². The number of nitrogens with one attached hydrogen (secondary N) is 1. The van der Waals surface area contributed by atoms with Crippen LogP contribution in [0.5, 0.6) is 0 Å². The van der Waals surface area contributed by atoms with Crippen molar-refractivity contribution in [2.24, 2.45) is 0 Å². The molecule has 0 spiro atoms. The van der Waals surface area contributed by atoms with Gasteiger partial charge < -0.3 is 5.32 Å². The Morgan fingerprint density at radius 3 is 2.47 bits per heavy atom. The van der Waals surface area contributed by atoms with Crippen LogP contribution in [0.1, 0.15) is 10.6 Å². The van der Waals surface area contributed by atoms with Crippen molar-refractivity contribution in [3.63, 3.8) is 0 Å². The van der Waals surface area contributed by atoms with E-state index in [0.29, 0.717) is 16.5 Å². The quantitative estimate of drug-likeness (QED) is 0.295. The summed E-state index contributed by atoms with van der Waals surface area (Å²) in [7, 11) is 0. The summed E-state index contributed by atoms with van der Waals surface area (Å²) in [5.74, 6) is 0.203. The lowest BCUT2D eigenvalue weighted by atomic mass is 10.1. The average Bonchev–Trinajstić information content (AvgIpc) is 3.26. The maximum atomic E-state index is 13.1. The van der Waals surface area contributed by atoms with E-state index in [4.69, 9.17) is 11.6 Å². The highest BCUT2D eigenvalue weighted by molar-refractivity contribution is 9.10.